The summed E-state index contributed by atoms with van der Waals surface area (Å²) in [6.45, 7) is 1.95. The van der Waals surface area contributed by atoms with E-state index < -0.39 is 5.97 Å². The molecule has 6 nitrogen and oxygen atoms in total. The molecule has 2 aromatic heterocycles. The van der Waals surface area contributed by atoms with Crippen LogP contribution in [0.5, 0.6) is 0 Å². The molecule has 0 saturated carbocycles. The van der Waals surface area contributed by atoms with Gasteiger partial charge in [0, 0.05) is 12.3 Å². The van der Waals surface area contributed by atoms with E-state index in [4.69, 9.17) is 10.5 Å². The van der Waals surface area contributed by atoms with Gasteiger partial charge in [-0.25, -0.2) is 4.79 Å². The first kappa shape index (κ1) is 10.3. The lowest BCUT2D eigenvalue weighted by atomic mass is 10.2. The summed E-state index contributed by atoms with van der Waals surface area (Å²) in [5.41, 5.74) is 6.25. The van der Waals surface area contributed by atoms with Crippen molar-refractivity contribution >= 4 is 22.8 Å². The van der Waals surface area contributed by atoms with Crippen molar-refractivity contribution in [3.8, 4) is 0 Å². The number of nitrogens with one attached hydrogen (secondary N) is 2. The highest BCUT2D eigenvalue weighted by Gasteiger charge is 2.19. The Bertz CT molecular complexity index is 597. The van der Waals surface area contributed by atoms with Crippen LogP contribution in [0.4, 0.5) is 5.82 Å². The summed E-state index contributed by atoms with van der Waals surface area (Å²) in [5.74, 6) is -0.416. The maximum Gasteiger partial charge on any atom is 0.344 e. The van der Waals surface area contributed by atoms with Crippen molar-refractivity contribution in [2.24, 2.45) is 0 Å². The Balaban J connectivity index is 2.70. The zero-order valence-electron chi connectivity index (χ0n) is 8.66. The van der Waals surface area contributed by atoms with Gasteiger partial charge >= 0.3 is 5.97 Å². The molecule has 16 heavy (non-hydrogen) atoms. The van der Waals surface area contributed by atoms with Crippen molar-refractivity contribution in [1.82, 2.24) is 9.97 Å². The molecule has 0 spiro atoms. The van der Waals surface area contributed by atoms with Gasteiger partial charge in [-0.3, -0.25) is 4.79 Å². The second-order valence-electron chi connectivity index (χ2n) is 3.23. The maximum atomic E-state index is 11.6. The molecule has 0 aromatic carbocycles. The second kappa shape index (κ2) is 3.73. The molecule has 0 radical (unpaired) electrons. The first-order valence-corrected chi connectivity index (χ1v) is 4.81. The summed E-state index contributed by atoms with van der Waals surface area (Å²) in [4.78, 5) is 28.5. The number of pyridine rings is 1. The number of esters is 1. The molecular formula is C10H11N3O3. The predicted octanol–water partition coefficient (Wildman–Crippen LogP) is 0.615. The van der Waals surface area contributed by atoms with Crippen molar-refractivity contribution in [2.45, 2.75) is 6.92 Å². The van der Waals surface area contributed by atoms with Crippen molar-refractivity contribution < 1.29 is 9.53 Å². The molecule has 0 aliphatic carbocycles. The van der Waals surface area contributed by atoms with Gasteiger partial charge in [0.1, 0.15) is 16.9 Å². The van der Waals surface area contributed by atoms with E-state index in [0.29, 0.717) is 5.52 Å². The molecular weight excluding hydrogens is 210 g/mol. The van der Waals surface area contributed by atoms with Crippen LogP contribution in [0, 0.1) is 0 Å². The van der Waals surface area contributed by atoms with Crippen molar-refractivity contribution in [2.75, 3.05) is 12.3 Å². The van der Waals surface area contributed by atoms with Gasteiger partial charge in [0.15, 0.2) is 0 Å². The van der Waals surface area contributed by atoms with Gasteiger partial charge in [-0.2, -0.15) is 0 Å². The Labute approximate surface area is 90.4 Å². The van der Waals surface area contributed by atoms with Crippen LogP contribution in [-0.2, 0) is 4.74 Å². The van der Waals surface area contributed by atoms with Gasteiger partial charge in [-0.15, -0.1) is 0 Å². The standard InChI is InChI=1S/C10H11N3O3/c1-2-16-10(15)6-8-7(13-9(6)11)5(14)3-4-12-8/h3-4,13H,2,11H2,1H3,(H,12,14). The third kappa shape index (κ3) is 1.44. The molecule has 6 heteroatoms. The van der Waals surface area contributed by atoms with Crippen LogP contribution in [0.3, 0.4) is 0 Å². The lowest BCUT2D eigenvalue weighted by molar-refractivity contribution is 0.0530. The number of rotatable bonds is 2. The molecule has 4 N–H and O–H groups in total. The fraction of sp³-hybridized carbons (Fsp3) is 0.200. The van der Waals surface area contributed by atoms with E-state index in [1.807, 2.05) is 0 Å². The van der Waals surface area contributed by atoms with Gasteiger partial charge in [-0.05, 0) is 6.92 Å². The second-order valence-corrected chi connectivity index (χ2v) is 3.23. The van der Waals surface area contributed by atoms with Crippen molar-refractivity contribution in [3.05, 3.63) is 28.0 Å². The molecule has 0 unspecified atom stereocenters. The zero-order valence-corrected chi connectivity index (χ0v) is 8.66. The fourth-order valence-corrected chi connectivity index (χ4v) is 1.55. The highest BCUT2D eigenvalue weighted by molar-refractivity contribution is 6.07. The summed E-state index contributed by atoms with van der Waals surface area (Å²) < 4.78 is 4.85. The average Bonchev–Trinajstić information content (AvgIpc) is 2.56. The Morgan fingerprint density at radius 1 is 1.50 bits per heavy atom. The van der Waals surface area contributed by atoms with Gasteiger partial charge in [-0.1, -0.05) is 0 Å². The Morgan fingerprint density at radius 2 is 2.25 bits per heavy atom. The molecule has 0 amide bonds. The number of ether oxygens (including phenoxy) is 1. The summed E-state index contributed by atoms with van der Waals surface area (Å²) in [6, 6.07) is 1.35. The number of anilines is 1. The number of aromatic amines is 2. The van der Waals surface area contributed by atoms with Crippen LogP contribution in [0.2, 0.25) is 0 Å². The topological polar surface area (TPSA) is 101 Å². The molecule has 0 bridgehead atoms. The first-order valence-electron chi connectivity index (χ1n) is 4.81. The molecule has 0 saturated heterocycles. The number of fused-ring (bicyclic) bond motifs is 1. The van der Waals surface area contributed by atoms with Crippen LogP contribution in [0.1, 0.15) is 17.3 Å². The van der Waals surface area contributed by atoms with Gasteiger partial charge < -0.3 is 20.4 Å². The third-order valence-corrected chi connectivity index (χ3v) is 2.22. The highest BCUT2D eigenvalue weighted by Crippen LogP contribution is 2.20. The minimum atomic E-state index is -0.548. The molecule has 0 aliphatic rings. The molecule has 2 heterocycles. The molecule has 0 atom stereocenters. The quantitative estimate of drug-likeness (QED) is 0.647. The minimum absolute atomic E-state index is 0.132. The summed E-state index contributed by atoms with van der Waals surface area (Å²) in [5, 5.41) is 0. The smallest absolute Gasteiger partial charge is 0.344 e. The van der Waals surface area contributed by atoms with E-state index in [9.17, 15) is 9.59 Å². The lowest BCUT2D eigenvalue weighted by Gasteiger charge is -2.00. The summed E-state index contributed by atoms with van der Waals surface area (Å²) in [6.07, 6.45) is 1.46. The van der Waals surface area contributed by atoms with Crippen molar-refractivity contribution in [1.29, 1.82) is 0 Å². The highest BCUT2D eigenvalue weighted by atomic mass is 16.5. The van der Waals surface area contributed by atoms with E-state index in [2.05, 4.69) is 9.97 Å². The normalized spacial score (nSPS) is 10.6. The number of H-pyrrole nitrogens is 2. The maximum absolute atomic E-state index is 11.6. The summed E-state index contributed by atoms with van der Waals surface area (Å²) in [7, 11) is 0. The van der Waals surface area contributed by atoms with Crippen LogP contribution in [-0.4, -0.2) is 22.5 Å². The average molecular weight is 221 g/mol. The monoisotopic (exact) mass is 221 g/mol. The van der Waals surface area contributed by atoms with E-state index in [1.54, 1.807) is 6.92 Å². The Morgan fingerprint density at radius 3 is 2.94 bits per heavy atom. The van der Waals surface area contributed by atoms with Crippen LogP contribution in [0.15, 0.2) is 17.1 Å². The largest absolute Gasteiger partial charge is 0.462 e. The van der Waals surface area contributed by atoms with E-state index in [0.717, 1.165) is 0 Å². The summed E-state index contributed by atoms with van der Waals surface area (Å²) >= 11 is 0. The molecule has 2 rings (SSSR count). The molecule has 2 aromatic rings. The van der Waals surface area contributed by atoms with Crippen LogP contribution in [0.25, 0.3) is 11.0 Å². The molecule has 0 aliphatic heterocycles. The van der Waals surface area contributed by atoms with Crippen molar-refractivity contribution in [3.63, 3.8) is 0 Å². The van der Waals surface area contributed by atoms with Gasteiger partial charge in [0.05, 0.1) is 12.1 Å². The first-order chi connectivity index (χ1) is 7.65. The Kier molecular flexibility index (Phi) is 2.40. The molecule has 0 fully saturated rings. The molecule has 84 valence electrons. The number of aromatic nitrogens is 2. The number of nitrogens with two attached hydrogens (primary N) is 1. The number of hydrogen-bond acceptors (Lipinski definition) is 4. The van der Waals surface area contributed by atoms with Gasteiger partial charge in [0.2, 0.25) is 5.43 Å². The lowest BCUT2D eigenvalue weighted by Crippen LogP contribution is -2.07. The fourth-order valence-electron chi connectivity index (χ4n) is 1.55. The zero-order chi connectivity index (χ0) is 11.7. The number of hydrogen-bond donors (Lipinski definition) is 3. The van der Waals surface area contributed by atoms with E-state index in [-0.39, 0.29) is 28.9 Å². The van der Waals surface area contributed by atoms with Crippen LogP contribution < -0.4 is 11.2 Å². The van der Waals surface area contributed by atoms with E-state index in [1.165, 1.54) is 12.3 Å². The van der Waals surface area contributed by atoms with Crippen LogP contribution >= 0.6 is 0 Å². The SMILES string of the molecule is CCOC(=O)c1c(N)[nH]c2c(=O)cc[nH]c12. The minimum Gasteiger partial charge on any atom is -0.462 e. The van der Waals surface area contributed by atoms with E-state index >= 15 is 0 Å². The number of carbonyl (C=O) groups is 1. The number of carbonyl (C=O) groups excluding carboxylic acids is 1. The predicted molar refractivity (Wildman–Crippen MR) is 59.3 cm³/mol. The third-order valence-electron chi connectivity index (χ3n) is 2.22. The number of nitrogen functional groups attached to an aromatic ring is 1. The van der Waals surface area contributed by atoms with Gasteiger partial charge in [0.25, 0.3) is 0 Å². The Hall–Kier alpha value is -2.24.